The van der Waals surface area contributed by atoms with Crippen molar-refractivity contribution in [3.63, 3.8) is 0 Å². The molecular weight excluding hydrogens is 214 g/mol. The molecular formula is C10H17NO3S. The molecule has 2 atom stereocenters. The summed E-state index contributed by atoms with van der Waals surface area (Å²) < 4.78 is 22.0. The predicted molar refractivity (Wildman–Crippen MR) is 57.1 cm³/mol. The quantitative estimate of drug-likeness (QED) is 0.701. The molecule has 5 heteroatoms. The van der Waals surface area contributed by atoms with E-state index in [-0.39, 0.29) is 29.4 Å². The SMILES string of the molecule is CC[C@@H]1C[C@H]1C(=O)N(C)C1CS(=O)(=O)C1. The van der Waals surface area contributed by atoms with Gasteiger partial charge in [-0.1, -0.05) is 13.3 Å². The van der Waals surface area contributed by atoms with E-state index >= 15 is 0 Å². The largest absolute Gasteiger partial charge is 0.340 e. The minimum Gasteiger partial charge on any atom is -0.340 e. The van der Waals surface area contributed by atoms with Crippen LogP contribution in [0.1, 0.15) is 19.8 Å². The van der Waals surface area contributed by atoms with Crippen LogP contribution in [-0.2, 0) is 14.6 Å². The highest BCUT2D eigenvalue weighted by atomic mass is 32.2. The van der Waals surface area contributed by atoms with E-state index in [0.29, 0.717) is 5.92 Å². The smallest absolute Gasteiger partial charge is 0.226 e. The van der Waals surface area contributed by atoms with Gasteiger partial charge in [0.05, 0.1) is 17.5 Å². The number of hydrogen-bond donors (Lipinski definition) is 0. The molecule has 1 aliphatic heterocycles. The molecule has 1 aliphatic carbocycles. The Kier molecular flexibility index (Phi) is 2.53. The first-order valence-electron chi connectivity index (χ1n) is 5.41. The van der Waals surface area contributed by atoms with Crippen molar-refractivity contribution in [1.29, 1.82) is 0 Å². The minimum atomic E-state index is -2.83. The van der Waals surface area contributed by atoms with Crippen molar-refractivity contribution in [3.05, 3.63) is 0 Å². The van der Waals surface area contributed by atoms with Crippen LogP contribution >= 0.6 is 0 Å². The fraction of sp³-hybridized carbons (Fsp3) is 0.900. The van der Waals surface area contributed by atoms with E-state index < -0.39 is 9.84 Å². The summed E-state index contributed by atoms with van der Waals surface area (Å²) in [6.07, 6.45) is 2.03. The molecule has 0 N–H and O–H groups in total. The minimum absolute atomic E-state index is 0.0689. The number of rotatable bonds is 3. The second kappa shape index (κ2) is 3.47. The Hall–Kier alpha value is -0.580. The average Bonchev–Trinajstić information content (AvgIpc) is 2.90. The van der Waals surface area contributed by atoms with Crippen LogP contribution in [0.2, 0.25) is 0 Å². The van der Waals surface area contributed by atoms with E-state index in [4.69, 9.17) is 0 Å². The lowest BCUT2D eigenvalue weighted by atomic mass is 10.2. The summed E-state index contributed by atoms with van der Waals surface area (Å²) in [5.41, 5.74) is 0. The second-order valence-electron chi connectivity index (χ2n) is 4.69. The average molecular weight is 231 g/mol. The highest BCUT2D eigenvalue weighted by molar-refractivity contribution is 7.92. The molecule has 0 bridgehead atoms. The lowest BCUT2D eigenvalue weighted by molar-refractivity contribution is -0.133. The Morgan fingerprint density at radius 1 is 1.40 bits per heavy atom. The van der Waals surface area contributed by atoms with Crippen molar-refractivity contribution in [2.24, 2.45) is 11.8 Å². The molecule has 1 saturated carbocycles. The lowest BCUT2D eigenvalue weighted by Gasteiger charge is -2.34. The van der Waals surface area contributed by atoms with Crippen molar-refractivity contribution in [1.82, 2.24) is 4.90 Å². The van der Waals surface area contributed by atoms with Gasteiger partial charge in [-0.3, -0.25) is 4.79 Å². The normalized spacial score (nSPS) is 33.2. The molecule has 2 aliphatic rings. The van der Waals surface area contributed by atoms with Gasteiger partial charge in [-0.15, -0.1) is 0 Å². The van der Waals surface area contributed by atoms with E-state index in [1.165, 1.54) is 0 Å². The molecule has 2 rings (SSSR count). The summed E-state index contributed by atoms with van der Waals surface area (Å²) in [6.45, 7) is 2.09. The van der Waals surface area contributed by atoms with Crippen LogP contribution in [0.3, 0.4) is 0 Å². The van der Waals surface area contributed by atoms with Gasteiger partial charge in [0.15, 0.2) is 9.84 Å². The summed E-state index contributed by atoms with van der Waals surface area (Å²) in [4.78, 5) is 13.5. The number of amides is 1. The summed E-state index contributed by atoms with van der Waals surface area (Å²) >= 11 is 0. The molecule has 1 heterocycles. The molecule has 15 heavy (non-hydrogen) atoms. The maximum absolute atomic E-state index is 11.9. The van der Waals surface area contributed by atoms with Crippen LogP contribution in [0.4, 0.5) is 0 Å². The number of carbonyl (C=O) groups is 1. The number of hydrogen-bond acceptors (Lipinski definition) is 3. The van der Waals surface area contributed by atoms with Crippen LogP contribution in [-0.4, -0.2) is 43.8 Å². The molecule has 0 unspecified atom stereocenters. The van der Waals surface area contributed by atoms with E-state index in [1.807, 2.05) is 0 Å². The maximum atomic E-state index is 11.9. The summed E-state index contributed by atoms with van der Waals surface area (Å²) in [6, 6.07) is -0.0689. The van der Waals surface area contributed by atoms with Gasteiger partial charge in [0, 0.05) is 13.0 Å². The fourth-order valence-electron chi connectivity index (χ4n) is 2.20. The summed E-state index contributed by atoms with van der Waals surface area (Å²) in [5, 5.41) is 0. The summed E-state index contributed by atoms with van der Waals surface area (Å²) in [7, 11) is -1.10. The van der Waals surface area contributed by atoms with Gasteiger partial charge >= 0.3 is 0 Å². The molecule has 0 radical (unpaired) electrons. The molecule has 0 aromatic carbocycles. The van der Waals surface area contributed by atoms with Crippen molar-refractivity contribution >= 4 is 15.7 Å². The molecule has 1 saturated heterocycles. The van der Waals surface area contributed by atoms with Gasteiger partial charge in [0.2, 0.25) is 5.91 Å². The third-order valence-corrected chi connectivity index (χ3v) is 5.34. The monoisotopic (exact) mass is 231 g/mol. The van der Waals surface area contributed by atoms with Crippen LogP contribution in [0, 0.1) is 11.8 Å². The molecule has 2 fully saturated rings. The van der Waals surface area contributed by atoms with E-state index in [9.17, 15) is 13.2 Å². The van der Waals surface area contributed by atoms with Gasteiger partial charge < -0.3 is 4.90 Å². The van der Waals surface area contributed by atoms with Gasteiger partial charge in [-0.2, -0.15) is 0 Å². The number of nitrogens with zero attached hydrogens (tertiary/aromatic N) is 1. The zero-order valence-corrected chi connectivity index (χ0v) is 9.96. The third-order valence-electron chi connectivity index (χ3n) is 3.55. The fourth-order valence-corrected chi connectivity index (χ4v) is 3.73. The van der Waals surface area contributed by atoms with Gasteiger partial charge in [-0.05, 0) is 12.3 Å². The predicted octanol–water partition coefficient (Wildman–Crippen LogP) is 0.288. The van der Waals surface area contributed by atoms with Crippen LogP contribution in [0.5, 0.6) is 0 Å². The van der Waals surface area contributed by atoms with E-state index in [2.05, 4.69) is 6.92 Å². The molecule has 4 nitrogen and oxygen atoms in total. The number of carbonyl (C=O) groups excluding carboxylic acids is 1. The Labute approximate surface area is 90.6 Å². The Balaban J connectivity index is 1.87. The first-order valence-corrected chi connectivity index (χ1v) is 7.24. The molecule has 0 aromatic heterocycles. The standard InChI is InChI=1S/C10H17NO3S/c1-3-7-4-9(7)10(12)11(2)8-5-15(13,14)6-8/h7-9H,3-6H2,1-2H3/t7-,9-/m1/s1. The van der Waals surface area contributed by atoms with E-state index in [0.717, 1.165) is 12.8 Å². The van der Waals surface area contributed by atoms with Crippen LogP contribution in [0.25, 0.3) is 0 Å². The van der Waals surface area contributed by atoms with E-state index in [1.54, 1.807) is 11.9 Å². The maximum Gasteiger partial charge on any atom is 0.226 e. The second-order valence-corrected chi connectivity index (χ2v) is 6.84. The highest BCUT2D eigenvalue weighted by Crippen LogP contribution is 2.42. The first-order chi connectivity index (χ1) is 6.94. The van der Waals surface area contributed by atoms with Crippen molar-refractivity contribution in [3.8, 4) is 0 Å². The third kappa shape index (κ3) is 2.02. The zero-order chi connectivity index (χ0) is 11.2. The van der Waals surface area contributed by atoms with Gasteiger partial charge in [0.25, 0.3) is 0 Å². The van der Waals surface area contributed by atoms with Crippen LogP contribution in [0.15, 0.2) is 0 Å². The van der Waals surface area contributed by atoms with Crippen molar-refractivity contribution < 1.29 is 13.2 Å². The first kappa shape index (κ1) is 10.9. The van der Waals surface area contributed by atoms with Gasteiger partial charge in [0.1, 0.15) is 0 Å². The van der Waals surface area contributed by atoms with Crippen molar-refractivity contribution in [2.75, 3.05) is 18.6 Å². The molecule has 0 spiro atoms. The van der Waals surface area contributed by atoms with Gasteiger partial charge in [-0.25, -0.2) is 8.42 Å². The Morgan fingerprint density at radius 3 is 2.40 bits per heavy atom. The summed E-state index contributed by atoms with van der Waals surface area (Å²) in [5.74, 6) is 1.15. The highest BCUT2D eigenvalue weighted by Gasteiger charge is 2.46. The number of sulfone groups is 1. The molecule has 86 valence electrons. The molecule has 0 aromatic rings. The van der Waals surface area contributed by atoms with Crippen molar-refractivity contribution in [2.45, 2.75) is 25.8 Å². The Bertz CT molecular complexity index is 364. The van der Waals surface area contributed by atoms with Crippen LogP contribution < -0.4 is 0 Å². The molecule has 1 amide bonds. The Morgan fingerprint density at radius 2 is 2.00 bits per heavy atom. The topological polar surface area (TPSA) is 54.5 Å². The lowest BCUT2D eigenvalue weighted by Crippen LogP contribution is -2.54. The zero-order valence-electron chi connectivity index (χ0n) is 9.14.